The number of methoxy groups -OCH3 is 2. The number of ether oxygens (including phenoxy) is 2. The topological polar surface area (TPSA) is 68.6 Å². The zero-order valence-electron chi connectivity index (χ0n) is 14.2. The summed E-state index contributed by atoms with van der Waals surface area (Å²) in [7, 11) is 5.26. The van der Waals surface area contributed by atoms with Crippen LogP contribution < -0.4 is 14.8 Å². The Kier molecular flexibility index (Phi) is 4.71. The number of nitrogens with one attached hydrogen (secondary N) is 1. The van der Waals surface area contributed by atoms with Crippen LogP contribution in [-0.2, 0) is 19.6 Å². The van der Waals surface area contributed by atoms with Crippen LogP contribution in [0.15, 0.2) is 24.3 Å². The van der Waals surface area contributed by atoms with Gasteiger partial charge in [0.05, 0.1) is 26.5 Å². The third kappa shape index (κ3) is 3.35. The van der Waals surface area contributed by atoms with Gasteiger partial charge in [-0.2, -0.15) is 5.10 Å². The van der Waals surface area contributed by atoms with Gasteiger partial charge < -0.3 is 14.8 Å². The summed E-state index contributed by atoms with van der Waals surface area (Å²) in [4.78, 5) is 14.6. The van der Waals surface area contributed by atoms with Crippen molar-refractivity contribution >= 4 is 5.91 Å². The largest absolute Gasteiger partial charge is 0.497 e. The predicted octanol–water partition coefficient (Wildman–Crippen LogP) is 1.28. The van der Waals surface area contributed by atoms with Crippen LogP contribution in [0.3, 0.4) is 0 Å². The molecule has 0 unspecified atom stereocenters. The molecule has 3 rings (SSSR count). The first-order valence-electron chi connectivity index (χ1n) is 7.85. The van der Waals surface area contributed by atoms with Crippen molar-refractivity contribution in [1.29, 1.82) is 0 Å². The number of benzene rings is 1. The minimum absolute atomic E-state index is 0.183. The molecule has 0 bridgehead atoms. The second kappa shape index (κ2) is 6.92. The smallest absolute Gasteiger partial charge is 0.272 e. The summed E-state index contributed by atoms with van der Waals surface area (Å²) in [6.07, 6.45) is 0. The average Bonchev–Trinajstić information content (AvgIpc) is 3.02. The van der Waals surface area contributed by atoms with Gasteiger partial charge in [-0.1, -0.05) is 0 Å². The first kappa shape index (κ1) is 16.3. The summed E-state index contributed by atoms with van der Waals surface area (Å²) in [5.74, 6) is 1.21. The number of fused-ring (bicyclic) bond motifs is 1. The van der Waals surface area contributed by atoms with E-state index in [1.165, 1.54) is 0 Å². The van der Waals surface area contributed by atoms with Gasteiger partial charge in [0, 0.05) is 31.3 Å². The number of rotatable bonds is 5. The molecule has 0 spiro atoms. The second-order valence-corrected chi connectivity index (χ2v) is 5.84. The molecular weight excluding hydrogens is 308 g/mol. The van der Waals surface area contributed by atoms with Crippen molar-refractivity contribution in [3.05, 3.63) is 41.2 Å². The quantitative estimate of drug-likeness (QED) is 0.894. The van der Waals surface area contributed by atoms with Gasteiger partial charge >= 0.3 is 0 Å². The summed E-state index contributed by atoms with van der Waals surface area (Å²) in [6, 6.07) is 7.38. The SMILES string of the molecule is COc1ccc(CNC(=O)c2cc3n(n2)CCN(C)C3)c(OC)c1. The van der Waals surface area contributed by atoms with E-state index in [4.69, 9.17) is 9.47 Å². The van der Waals surface area contributed by atoms with Crippen LogP contribution in [0.2, 0.25) is 0 Å². The Morgan fingerprint density at radius 1 is 1.25 bits per heavy atom. The highest BCUT2D eigenvalue weighted by atomic mass is 16.5. The highest BCUT2D eigenvalue weighted by Gasteiger charge is 2.19. The van der Waals surface area contributed by atoms with Crippen molar-refractivity contribution in [2.45, 2.75) is 19.6 Å². The molecule has 0 aliphatic carbocycles. The second-order valence-electron chi connectivity index (χ2n) is 5.84. The Morgan fingerprint density at radius 2 is 2.08 bits per heavy atom. The molecule has 0 fully saturated rings. The van der Waals surface area contributed by atoms with Gasteiger partial charge in [-0.15, -0.1) is 0 Å². The lowest BCUT2D eigenvalue weighted by Gasteiger charge is -2.22. The van der Waals surface area contributed by atoms with E-state index >= 15 is 0 Å². The van der Waals surface area contributed by atoms with Gasteiger partial charge in [-0.25, -0.2) is 0 Å². The number of carbonyl (C=O) groups excluding carboxylic acids is 1. The van der Waals surface area contributed by atoms with Crippen molar-refractivity contribution < 1.29 is 14.3 Å². The molecule has 7 nitrogen and oxygen atoms in total. The van der Waals surface area contributed by atoms with Gasteiger partial charge in [-0.3, -0.25) is 14.4 Å². The van der Waals surface area contributed by atoms with Crippen molar-refractivity contribution in [1.82, 2.24) is 20.0 Å². The fourth-order valence-electron chi connectivity index (χ4n) is 2.77. The van der Waals surface area contributed by atoms with E-state index in [9.17, 15) is 4.79 Å². The molecule has 1 N–H and O–H groups in total. The molecule has 1 amide bonds. The molecule has 1 aromatic carbocycles. The van der Waals surface area contributed by atoms with Gasteiger partial charge in [0.15, 0.2) is 5.69 Å². The number of aromatic nitrogens is 2. The molecule has 1 aliphatic rings. The molecule has 2 heterocycles. The van der Waals surface area contributed by atoms with Gasteiger partial charge in [-0.05, 0) is 25.2 Å². The van der Waals surface area contributed by atoms with Crippen molar-refractivity contribution in [3.8, 4) is 11.5 Å². The lowest BCUT2D eigenvalue weighted by Crippen LogP contribution is -2.30. The van der Waals surface area contributed by atoms with E-state index in [1.807, 2.05) is 22.9 Å². The fraction of sp³-hybridized carbons (Fsp3) is 0.412. The number of hydrogen-bond acceptors (Lipinski definition) is 5. The van der Waals surface area contributed by atoms with Crippen LogP contribution in [-0.4, -0.2) is 48.4 Å². The number of carbonyl (C=O) groups is 1. The van der Waals surface area contributed by atoms with E-state index in [1.54, 1.807) is 20.3 Å². The molecule has 1 aromatic heterocycles. The molecule has 128 valence electrons. The predicted molar refractivity (Wildman–Crippen MR) is 89.3 cm³/mol. The molecule has 2 aromatic rings. The molecule has 0 radical (unpaired) electrons. The van der Waals surface area contributed by atoms with Crippen LogP contribution in [0, 0.1) is 0 Å². The maximum atomic E-state index is 12.4. The third-order valence-electron chi connectivity index (χ3n) is 4.16. The molecule has 1 aliphatic heterocycles. The lowest BCUT2D eigenvalue weighted by molar-refractivity contribution is 0.0944. The normalized spacial score (nSPS) is 14.1. The zero-order valence-corrected chi connectivity index (χ0v) is 14.2. The van der Waals surface area contributed by atoms with Crippen molar-refractivity contribution in [2.75, 3.05) is 27.8 Å². The minimum Gasteiger partial charge on any atom is -0.497 e. The summed E-state index contributed by atoms with van der Waals surface area (Å²) in [5.41, 5.74) is 2.40. The highest BCUT2D eigenvalue weighted by Crippen LogP contribution is 2.24. The summed E-state index contributed by atoms with van der Waals surface area (Å²) >= 11 is 0. The Morgan fingerprint density at radius 3 is 2.83 bits per heavy atom. The maximum absolute atomic E-state index is 12.4. The van der Waals surface area contributed by atoms with Crippen LogP contribution >= 0.6 is 0 Å². The summed E-state index contributed by atoms with van der Waals surface area (Å²) in [5, 5.41) is 7.29. The van der Waals surface area contributed by atoms with Crippen molar-refractivity contribution in [3.63, 3.8) is 0 Å². The number of amides is 1. The maximum Gasteiger partial charge on any atom is 0.272 e. The Bertz CT molecular complexity index is 741. The highest BCUT2D eigenvalue weighted by molar-refractivity contribution is 5.92. The third-order valence-corrected chi connectivity index (χ3v) is 4.16. The summed E-state index contributed by atoms with van der Waals surface area (Å²) in [6.45, 7) is 2.94. The number of hydrogen-bond donors (Lipinski definition) is 1. The zero-order chi connectivity index (χ0) is 17.1. The molecular formula is C17H22N4O3. The fourth-order valence-corrected chi connectivity index (χ4v) is 2.77. The van der Waals surface area contributed by atoms with E-state index in [-0.39, 0.29) is 5.91 Å². The molecule has 0 saturated heterocycles. The molecule has 0 saturated carbocycles. The average molecular weight is 330 g/mol. The van der Waals surface area contributed by atoms with Gasteiger partial charge in [0.25, 0.3) is 5.91 Å². The monoisotopic (exact) mass is 330 g/mol. The van der Waals surface area contributed by atoms with Gasteiger partial charge in [0.2, 0.25) is 0 Å². The lowest BCUT2D eigenvalue weighted by atomic mass is 10.2. The molecule has 0 atom stereocenters. The van der Waals surface area contributed by atoms with E-state index in [2.05, 4.69) is 22.4 Å². The first-order valence-corrected chi connectivity index (χ1v) is 7.85. The Labute approximate surface area is 141 Å². The van der Waals surface area contributed by atoms with E-state index in [0.29, 0.717) is 23.7 Å². The van der Waals surface area contributed by atoms with Crippen LogP contribution in [0.25, 0.3) is 0 Å². The van der Waals surface area contributed by atoms with E-state index in [0.717, 1.165) is 30.9 Å². The molecule has 7 heteroatoms. The van der Waals surface area contributed by atoms with Crippen LogP contribution in [0.5, 0.6) is 11.5 Å². The Balaban J connectivity index is 1.68. The standard InChI is InChI=1S/C17H22N4O3/c1-20-6-7-21-13(11-20)8-15(19-21)17(22)18-10-12-4-5-14(23-2)9-16(12)24-3/h4-5,8-9H,6-7,10-11H2,1-3H3,(H,18,22). The van der Waals surface area contributed by atoms with Crippen LogP contribution in [0.1, 0.15) is 21.7 Å². The summed E-state index contributed by atoms with van der Waals surface area (Å²) < 4.78 is 12.4. The van der Waals surface area contributed by atoms with Gasteiger partial charge in [0.1, 0.15) is 11.5 Å². The van der Waals surface area contributed by atoms with Crippen LogP contribution in [0.4, 0.5) is 0 Å². The molecule has 24 heavy (non-hydrogen) atoms. The Hall–Kier alpha value is -2.54. The number of likely N-dealkylation sites (N-methyl/N-ethyl adjacent to an activating group) is 1. The van der Waals surface area contributed by atoms with Crippen molar-refractivity contribution in [2.24, 2.45) is 0 Å². The minimum atomic E-state index is -0.183. The number of nitrogens with zero attached hydrogens (tertiary/aromatic N) is 3. The first-order chi connectivity index (χ1) is 11.6. The van der Waals surface area contributed by atoms with E-state index < -0.39 is 0 Å².